The fourth-order valence-electron chi connectivity index (χ4n) is 4.48. The first-order valence-electron chi connectivity index (χ1n) is 11.2. The van der Waals surface area contributed by atoms with Gasteiger partial charge in [0.15, 0.2) is 0 Å². The van der Waals surface area contributed by atoms with Crippen LogP contribution < -0.4 is 20.7 Å². The number of benzene rings is 4. The van der Waals surface area contributed by atoms with E-state index in [1.165, 1.54) is 0 Å². The number of para-hydroxylation sites is 1. The van der Waals surface area contributed by atoms with Gasteiger partial charge in [0, 0.05) is 15.9 Å². The van der Waals surface area contributed by atoms with E-state index in [1.54, 1.807) is 7.11 Å². The van der Waals surface area contributed by atoms with E-state index < -0.39 is 7.05 Å². The molecule has 0 radical (unpaired) electrons. The first-order chi connectivity index (χ1) is 16.3. The molecule has 2 N–H and O–H groups in total. The lowest BCUT2D eigenvalue weighted by molar-refractivity contribution is 0.418. The average Bonchev–Trinajstić information content (AvgIpc) is 2.83. The highest BCUT2D eigenvalue weighted by Gasteiger charge is 2.36. The standard InChI is InChI=1S/C29H30NO3P/c1-19-15-21(3)28(31)26(17-19)34(30-23-11-7-6-8-12-23,25-14-10-9-13-24(25)33-5)27-18-20(2)16-22(4)29(27)32/h6-18,31-32H,1-5H3. The molecule has 174 valence electrons. The lowest BCUT2D eigenvalue weighted by Gasteiger charge is -2.31. The zero-order valence-electron chi connectivity index (χ0n) is 20.2. The first kappa shape index (κ1) is 23.7. The summed E-state index contributed by atoms with van der Waals surface area (Å²) in [6.45, 7) is 7.81. The van der Waals surface area contributed by atoms with Gasteiger partial charge in [-0.15, -0.1) is 0 Å². The normalized spacial score (nSPS) is 11.3. The smallest absolute Gasteiger partial charge is 0.128 e. The second-order valence-electron chi connectivity index (χ2n) is 8.64. The van der Waals surface area contributed by atoms with Gasteiger partial charge in [0.25, 0.3) is 0 Å². The number of rotatable bonds is 5. The molecule has 0 fully saturated rings. The molecule has 0 heterocycles. The predicted octanol–water partition coefficient (Wildman–Crippen LogP) is 6.15. The number of hydrogen-bond donors (Lipinski definition) is 2. The summed E-state index contributed by atoms with van der Waals surface area (Å²) in [5.74, 6) is 1.03. The van der Waals surface area contributed by atoms with E-state index in [4.69, 9.17) is 9.48 Å². The summed E-state index contributed by atoms with van der Waals surface area (Å²) in [6.07, 6.45) is 0. The molecule has 0 spiro atoms. The molecule has 0 aliphatic heterocycles. The fourth-order valence-corrected chi connectivity index (χ4v) is 8.60. The fraction of sp³-hybridized carbons (Fsp3) is 0.172. The largest absolute Gasteiger partial charge is 0.507 e. The Labute approximate surface area is 201 Å². The topological polar surface area (TPSA) is 62.0 Å². The third-order valence-electron chi connectivity index (χ3n) is 6.00. The number of aryl methyl sites for hydroxylation is 4. The Balaban J connectivity index is 2.34. The van der Waals surface area contributed by atoms with Crippen LogP contribution >= 0.6 is 7.05 Å². The van der Waals surface area contributed by atoms with Crippen LogP contribution in [0.2, 0.25) is 0 Å². The summed E-state index contributed by atoms with van der Waals surface area (Å²) in [5, 5.41) is 25.2. The number of methoxy groups -OCH3 is 1. The first-order valence-corrected chi connectivity index (χ1v) is 12.9. The maximum atomic E-state index is 11.5. The number of ether oxygens (including phenoxy) is 1. The van der Waals surface area contributed by atoms with E-state index in [1.807, 2.05) is 107 Å². The Bertz CT molecular complexity index is 1350. The molecule has 0 aromatic heterocycles. The SMILES string of the molecule is COc1ccccc1P(=Nc1ccccc1)(c1cc(C)cc(C)c1O)c1cc(C)cc(C)c1O. The van der Waals surface area contributed by atoms with Gasteiger partial charge >= 0.3 is 0 Å². The van der Waals surface area contributed by atoms with Crippen molar-refractivity contribution in [2.75, 3.05) is 7.11 Å². The molecule has 0 atom stereocenters. The molecule has 0 bridgehead atoms. The Kier molecular flexibility index (Phi) is 6.54. The molecule has 0 unspecified atom stereocenters. The van der Waals surface area contributed by atoms with E-state index >= 15 is 0 Å². The maximum Gasteiger partial charge on any atom is 0.128 e. The molecule has 0 aliphatic rings. The number of nitrogens with zero attached hydrogens (tertiary/aromatic N) is 1. The molecule has 34 heavy (non-hydrogen) atoms. The highest BCUT2D eigenvalue weighted by molar-refractivity contribution is 7.88. The van der Waals surface area contributed by atoms with Crippen LogP contribution in [-0.4, -0.2) is 17.3 Å². The summed E-state index contributed by atoms with van der Waals surface area (Å²) >= 11 is 0. The van der Waals surface area contributed by atoms with Gasteiger partial charge in [-0.3, -0.25) is 4.74 Å². The summed E-state index contributed by atoms with van der Waals surface area (Å²) in [5.41, 5.74) is 4.31. The zero-order valence-corrected chi connectivity index (χ0v) is 21.1. The number of hydrogen-bond acceptors (Lipinski definition) is 4. The second kappa shape index (κ2) is 9.40. The molecule has 0 saturated heterocycles. The Morgan fingerprint density at radius 2 is 1.15 bits per heavy atom. The number of phenols is 2. The molecule has 4 nitrogen and oxygen atoms in total. The predicted molar refractivity (Wildman–Crippen MR) is 143 cm³/mol. The monoisotopic (exact) mass is 471 g/mol. The highest BCUT2D eigenvalue weighted by atomic mass is 31.2. The van der Waals surface area contributed by atoms with E-state index in [-0.39, 0.29) is 11.5 Å². The Hall–Kier alpha value is -3.49. The van der Waals surface area contributed by atoms with Gasteiger partial charge < -0.3 is 14.9 Å². The molecule has 4 rings (SSSR count). The van der Waals surface area contributed by atoms with E-state index in [9.17, 15) is 10.2 Å². The second-order valence-corrected chi connectivity index (χ2v) is 11.6. The van der Waals surface area contributed by atoms with Crippen molar-refractivity contribution in [2.24, 2.45) is 4.74 Å². The number of aromatic hydroxyl groups is 2. The van der Waals surface area contributed by atoms with Crippen molar-refractivity contribution in [3.63, 3.8) is 0 Å². The zero-order chi connectivity index (χ0) is 24.5. The van der Waals surface area contributed by atoms with Crippen LogP contribution in [-0.2, 0) is 0 Å². The minimum absolute atomic E-state index is 0.183. The van der Waals surface area contributed by atoms with Crippen molar-refractivity contribution in [3.8, 4) is 17.2 Å². The lowest BCUT2D eigenvalue weighted by atomic mass is 10.1. The quantitative estimate of drug-likeness (QED) is 0.343. The van der Waals surface area contributed by atoms with Gasteiger partial charge in [-0.2, -0.15) is 0 Å². The van der Waals surface area contributed by atoms with Gasteiger partial charge in [-0.25, -0.2) is 0 Å². The van der Waals surface area contributed by atoms with Gasteiger partial charge in [0.05, 0.1) is 19.9 Å². The van der Waals surface area contributed by atoms with Crippen LogP contribution in [0.15, 0.2) is 83.6 Å². The Morgan fingerprint density at radius 3 is 1.68 bits per heavy atom. The van der Waals surface area contributed by atoms with Gasteiger partial charge in [-0.05, 0) is 86.3 Å². The molecule has 4 aromatic rings. The van der Waals surface area contributed by atoms with Gasteiger partial charge in [0.2, 0.25) is 0 Å². The van der Waals surface area contributed by atoms with Crippen LogP contribution in [0.25, 0.3) is 0 Å². The Morgan fingerprint density at radius 1 is 0.647 bits per heavy atom. The number of phenolic OH excluding ortho intramolecular Hbond substituents is 2. The van der Waals surface area contributed by atoms with E-state index in [0.29, 0.717) is 16.4 Å². The van der Waals surface area contributed by atoms with Crippen LogP contribution in [0.5, 0.6) is 17.2 Å². The van der Waals surface area contributed by atoms with Crippen molar-refractivity contribution >= 4 is 28.7 Å². The summed E-state index contributed by atoms with van der Waals surface area (Å²) < 4.78 is 11.2. The van der Waals surface area contributed by atoms with E-state index in [0.717, 1.165) is 33.2 Å². The highest BCUT2D eigenvalue weighted by Crippen LogP contribution is 2.55. The van der Waals surface area contributed by atoms with E-state index in [2.05, 4.69) is 0 Å². The molecule has 0 amide bonds. The molecule has 4 aromatic carbocycles. The van der Waals surface area contributed by atoms with Crippen LogP contribution in [0.1, 0.15) is 22.3 Å². The van der Waals surface area contributed by atoms with Gasteiger partial charge in [0.1, 0.15) is 17.2 Å². The van der Waals surface area contributed by atoms with Crippen LogP contribution in [0.3, 0.4) is 0 Å². The molecule has 0 aliphatic carbocycles. The van der Waals surface area contributed by atoms with Crippen LogP contribution in [0, 0.1) is 27.7 Å². The van der Waals surface area contributed by atoms with Crippen molar-refractivity contribution in [2.45, 2.75) is 27.7 Å². The third kappa shape index (κ3) is 4.10. The summed E-state index contributed by atoms with van der Waals surface area (Å²) in [4.78, 5) is 0. The molecular formula is C29H30NO3P. The third-order valence-corrected chi connectivity index (χ3v) is 9.68. The van der Waals surface area contributed by atoms with Crippen molar-refractivity contribution in [1.82, 2.24) is 0 Å². The molecule has 5 heteroatoms. The van der Waals surface area contributed by atoms with Crippen molar-refractivity contribution in [1.29, 1.82) is 0 Å². The lowest BCUT2D eigenvalue weighted by Crippen LogP contribution is -2.28. The summed E-state index contributed by atoms with van der Waals surface area (Å²) in [6, 6.07) is 25.4. The minimum atomic E-state index is -3.01. The maximum absolute atomic E-state index is 11.5. The average molecular weight is 472 g/mol. The minimum Gasteiger partial charge on any atom is -0.507 e. The van der Waals surface area contributed by atoms with Crippen molar-refractivity contribution in [3.05, 3.63) is 101 Å². The van der Waals surface area contributed by atoms with Crippen LogP contribution in [0.4, 0.5) is 5.69 Å². The summed E-state index contributed by atoms with van der Waals surface area (Å²) in [7, 11) is -1.37. The molecular weight excluding hydrogens is 441 g/mol. The molecule has 0 saturated carbocycles. The van der Waals surface area contributed by atoms with Gasteiger partial charge in [-0.1, -0.05) is 42.5 Å². The van der Waals surface area contributed by atoms with Crippen molar-refractivity contribution < 1.29 is 14.9 Å².